The third-order valence-corrected chi connectivity index (χ3v) is 4.94. The predicted octanol–water partition coefficient (Wildman–Crippen LogP) is 6.31. The largest absolute Gasteiger partial charge is 0.508 e. The van der Waals surface area contributed by atoms with Gasteiger partial charge in [0.1, 0.15) is 11.6 Å². The van der Waals surface area contributed by atoms with E-state index in [1.807, 2.05) is 43.3 Å². The van der Waals surface area contributed by atoms with Gasteiger partial charge in [-0.25, -0.2) is 9.18 Å². The minimum absolute atomic E-state index is 0.184. The lowest BCUT2D eigenvalue weighted by Crippen LogP contribution is -1.97. The number of benzene rings is 3. The second-order valence-corrected chi connectivity index (χ2v) is 7.01. The molecule has 0 aliphatic heterocycles. The summed E-state index contributed by atoms with van der Waals surface area (Å²) in [5.74, 6) is -1.08. The monoisotopic (exact) mass is 402 g/mol. The molecule has 3 aromatic rings. The van der Waals surface area contributed by atoms with E-state index in [1.54, 1.807) is 24.3 Å². The van der Waals surface area contributed by atoms with Gasteiger partial charge in [0, 0.05) is 6.08 Å². The molecule has 30 heavy (non-hydrogen) atoms. The number of hydrogen-bond donors (Lipinski definition) is 2. The van der Waals surface area contributed by atoms with E-state index < -0.39 is 5.97 Å². The molecule has 0 fully saturated rings. The van der Waals surface area contributed by atoms with Crippen molar-refractivity contribution in [3.63, 3.8) is 0 Å². The van der Waals surface area contributed by atoms with Crippen molar-refractivity contribution >= 4 is 23.2 Å². The first-order valence-electron chi connectivity index (χ1n) is 9.69. The van der Waals surface area contributed by atoms with Gasteiger partial charge >= 0.3 is 5.97 Å². The van der Waals surface area contributed by atoms with Crippen LogP contribution in [0, 0.1) is 12.7 Å². The zero-order valence-corrected chi connectivity index (χ0v) is 16.9. The maximum Gasteiger partial charge on any atom is 0.328 e. The number of phenols is 1. The number of rotatable bonds is 6. The van der Waals surface area contributed by atoms with Crippen LogP contribution in [0.25, 0.3) is 17.2 Å². The summed E-state index contributed by atoms with van der Waals surface area (Å²) >= 11 is 0. The molecule has 0 spiro atoms. The van der Waals surface area contributed by atoms with E-state index in [9.17, 15) is 14.3 Å². The van der Waals surface area contributed by atoms with Crippen molar-refractivity contribution in [2.75, 3.05) is 0 Å². The zero-order chi connectivity index (χ0) is 21.7. The third-order valence-electron chi connectivity index (χ3n) is 4.94. The lowest BCUT2D eigenvalue weighted by Gasteiger charge is -2.18. The number of phenolic OH excluding ortho intramolecular Hbond substituents is 1. The van der Waals surface area contributed by atoms with Gasteiger partial charge in [0.05, 0.1) is 0 Å². The molecule has 0 aliphatic carbocycles. The summed E-state index contributed by atoms with van der Waals surface area (Å²) < 4.78 is 13.7. The molecule has 3 rings (SSSR count). The summed E-state index contributed by atoms with van der Waals surface area (Å²) in [6.45, 7) is 3.95. The van der Waals surface area contributed by atoms with Gasteiger partial charge in [0.25, 0.3) is 0 Å². The number of aryl methyl sites for hydroxylation is 1. The van der Waals surface area contributed by atoms with Gasteiger partial charge in [-0.3, -0.25) is 0 Å². The molecule has 0 saturated heterocycles. The van der Waals surface area contributed by atoms with Crippen molar-refractivity contribution in [2.24, 2.45) is 0 Å². The molecule has 0 saturated carbocycles. The first-order valence-corrected chi connectivity index (χ1v) is 9.69. The van der Waals surface area contributed by atoms with Crippen LogP contribution in [-0.2, 0) is 4.79 Å². The predicted molar refractivity (Wildman–Crippen MR) is 119 cm³/mol. The SMILES string of the molecule is CC/C(=C(\c1ccc(O)cc1)c1ccc(/C=C/C(=O)O)cc1)c1ccc(F)cc1C. The average molecular weight is 402 g/mol. The van der Waals surface area contributed by atoms with Gasteiger partial charge in [-0.2, -0.15) is 0 Å². The minimum atomic E-state index is -0.996. The smallest absolute Gasteiger partial charge is 0.328 e. The van der Waals surface area contributed by atoms with Crippen LogP contribution >= 0.6 is 0 Å². The van der Waals surface area contributed by atoms with Crippen molar-refractivity contribution in [3.8, 4) is 5.75 Å². The molecule has 0 bridgehead atoms. The number of allylic oxidation sites excluding steroid dienone is 1. The summed E-state index contributed by atoms with van der Waals surface area (Å²) in [6.07, 6.45) is 3.37. The van der Waals surface area contributed by atoms with E-state index in [0.29, 0.717) is 0 Å². The molecular formula is C26H23FO3. The van der Waals surface area contributed by atoms with Crippen molar-refractivity contribution in [2.45, 2.75) is 20.3 Å². The van der Waals surface area contributed by atoms with E-state index >= 15 is 0 Å². The van der Waals surface area contributed by atoms with Gasteiger partial charge in [0.2, 0.25) is 0 Å². The molecule has 0 amide bonds. The Labute approximate surface area is 175 Å². The second kappa shape index (κ2) is 9.23. The number of carboxylic acid groups (broad SMARTS) is 1. The quantitative estimate of drug-likeness (QED) is 0.375. The molecule has 3 aromatic carbocycles. The molecule has 0 aliphatic rings. The molecule has 3 nitrogen and oxygen atoms in total. The number of aromatic hydroxyl groups is 1. The molecule has 0 atom stereocenters. The fourth-order valence-electron chi connectivity index (χ4n) is 3.54. The first kappa shape index (κ1) is 21.1. The van der Waals surface area contributed by atoms with Gasteiger partial charge < -0.3 is 10.2 Å². The molecule has 0 radical (unpaired) electrons. The molecule has 2 N–H and O–H groups in total. The Bertz CT molecular complexity index is 1110. The maximum absolute atomic E-state index is 13.7. The van der Waals surface area contributed by atoms with E-state index in [2.05, 4.69) is 6.92 Å². The van der Waals surface area contributed by atoms with Crippen molar-refractivity contribution < 1.29 is 19.4 Å². The molecule has 4 heteroatoms. The lowest BCUT2D eigenvalue weighted by molar-refractivity contribution is -0.131. The highest BCUT2D eigenvalue weighted by atomic mass is 19.1. The summed E-state index contributed by atoms with van der Waals surface area (Å²) in [5, 5.41) is 18.5. The standard InChI is InChI=1S/C26H23FO3/c1-3-23(24-14-11-21(27)16-17(24)2)26(20-9-12-22(28)13-10-20)19-7-4-18(5-8-19)6-15-25(29)30/h4-16,28H,3H2,1-2H3,(H,29,30)/b15-6+,26-23+. The Morgan fingerprint density at radius 2 is 1.57 bits per heavy atom. The van der Waals surface area contributed by atoms with E-state index in [1.165, 1.54) is 12.1 Å². The van der Waals surface area contributed by atoms with E-state index in [4.69, 9.17) is 5.11 Å². The van der Waals surface area contributed by atoms with Crippen LogP contribution in [0.1, 0.15) is 41.2 Å². The van der Waals surface area contributed by atoms with Crippen molar-refractivity contribution in [1.82, 2.24) is 0 Å². The molecule has 0 unspecified atom stereocenters. The highest BCUT2D eigenvalue weighted by molar-refractivity contribution is 5.99. The number of carboxylic acids is 1. The summed E-state index contributed by atoms with van der Waals surface area (Å²) in [4.78, 5) is 10.8. The van der Waals surface area contributed by atoms with E-state index in [0.717, 1.165) is 51.5 Å². The fraction of sp³-hybridized carbons (Fsp3) is 0.115. The topological polar surface area (TPSA) is 57.5 Å². The number of halogens is 1. The van der Waals surface area contributed by atoms with Crippen LogP contribution in [-0.4, -0.2) is 16.2 Å². The maximum atomic E-state index is 13.7. The minimum Gasteiger partial charge on any atom is -0.508 e. The van der Waals surface area contributed by atoms with Crippen LogP contribution in [0.5, 0.6) is 5.75 Å². The van der Waals surface area contributed by atoms with Crippen LogP contribution in [0.15, 0.2) is 72.8 Å². The lowest BCUT2D eigenvalue weighted by atomic mass is 9.86. The third kappa shape index (κ3) is 4.84. The summed E-state index contributed by atoms with van der Waals surface area (Å²) in [5.41, 5.74) is 6.53. The Hall–Kier alpha value is -3.66. The zero-order valence-electron chi connectivity index (χ0n) is 16.9. The molecule has 152 valence electrons. The summed E-state index contributed by atoms with van der Waals surface area (Å²) in [6, 6.07) is 19.4. The molecule has 0 aromatic heterocycles. The van der Waals surface area contributed by atoms with Gasteiger partial charge in [0.15, 0.2) is 0 Å². The number of aliphatic carboxylic acids is 1. The van der Waals surface area contributed by atoms with Gasteiger partial charge in [-0.05, 0) is 82.6 Å². The van der Waals surface area contributed by atoms with Crippen molar-refractivity contribution in [3.05, 3.63) is 106 Å². The van der Waals surface area contributed by atoms with Crippen molar-refractivity contribution in [1.29, 1.82) is 0 Å². The van der Waals surface area contributed by atoms with Crippen LogP contribution in [0.4, 0.5) is 4.39 Å². The van der Waals surface area contributed by atoms with E-state index in [-0.39, 0.29) is 11.6 Å². The highest BCUT2D eigenvalue weighted by Crippen LogP contribution is 2.36. The number of carbonyl (C=O) groups is 1. The molecule has 0 heterocycles. The summed E-state index contributed by atoms with van der Waals surface area (Å²) in [7, 11) is 0. The Kier molecular flexibility index (Phi) is 6.48. The normalized spacial score (nSPS) is 12.1. The highest BCUT2D eigenvalue weighted by Gasteiger charge is 2.15. The fourth-order valence-corrected chi connectivity index (χ4v) is 3.54. The number of hydrogen-bond acceptors (Lipinski definition) is 2. The van der Waals surface area contributed by atoms with Crippen LogP contribution < -0.4 is 0 Å². The Morgan fingerprint density at radius 1 is 0.967 bits per heavy atom. The Balaban J connectivity index is 2.21. The van der Waals surface area contributed by atoms with Crippen LogP contribution in [0.3, 0.4) is 0 Å². The molecular weight excluding hydrogens is 379 g/mol. The Morgan fingerprint density at radius 3 is 2.10 bits per heavy atom. The van der Waals surface area contributed by atoms with Gasteiger partial charge in [-0.15, -0.1) is 0 Å². The van der Waals surface area contributed by atoms with Crippen LogP contribution in [0.2, 0.25) is 0 Å². The average Bonchev–Trinajstić information content (AvgIpc) is 2.72. The second-order valence-electron chi connectivity index (χ2n) is 7.01. The van der Waals surface area contributed by atoms with Gasteiger partial charge in [-0.1, -0.05) is 49.4 Å². The first-order chi connectivity index (χ1) is 14.4.